The van der Waals surface area contributed by atoms with E-state index in [0.717, 1.165) is 6.07 Å². The van der Waals surface area contributed by atoms with Crippen LogP contribution in [0, 0.1) is 6.92 Å². The molecule has 0 fully saturated rings. The smallest absolute Gasteiger partial charge is 0.416 e. The molecule has 0 aliphatic rings. The Morgan fingerprint density at radius 3 is 2.59 bits per heavy atom. The minimum atomic E-state index is -4.57. The van der Waals surface area contributed by atoms with E-state index in [4.69, 9.17) is 4.42 Å². The third-order valence-corrected chi connectivity index (χ3v) is 3.18. The van der Waals surface area contributed by atoms with Crippen LogP contribution in [0.15, 0.2) is 41.0 Å². The van der Waals surface area contributed by atoms with E-state index in [1.165, 1.54) is 30.5 Å². The molecule has 1 aromatic heterocycles. The molecule has 118 valence electrons. The zero-order valence-electron chi connectivity index (χ0n) is 11.6. The average Bonchev–Trinajstić information content (AvgIpc) is 2.89. The molecule has 2 rings (SSSR count). The van der Waals surface area contributed by atoms with Gasteiger partial charge in [0.2, 0.25) is 0 Å². The molecule has 0 spiro atoms. The summed E-state index contributed by atoms with van der Waals surface area (Å²) in [5, 5.41) is 12.3. The number of amides is 1. The maximum atomic E-state index is 12.9. The van der Waals surface area contributed by atoms with Gasteiger partial charge in [0.25, 0.3) is 5.91 Å². The van der Waals surface area contributed by atoms with Crippen LogP contribution in [-0.2, 0) is 6.18 Å². The Kier molecular flexibility index (Phi) is 4.56. The molecule has 0 bridgehead atoms. The van der Waals surface area contributed by atoms with Gasteiger partial charge < -0.3 is 14.8 Å². The number of benzene rings is 1. The van der Waals surface area contributed by atoms with E-state index in [-0.39, 0.29) is 17.7 Å². The number of aliphatic hydroxyl groups is 1. The molecule has 1 aromatic carbocycles. The summed E-state index contributed by atoms with van der Waals surface area (Å²) in [5.74, 6) is -0.127. The highest BCUT2D eigenvalue weighted by molar-refractivity contribution is 5.95. The first-order valence-electron chi connectivity index (χ1n) is 6.47. The van der Waals surface area contributed by atoms with Gasteiger partial charge in [0.1, 0.15) is 5.76 Å². The number of carbonyl (C=O) groups is 1. The van der Waals surface area contributed by atoms with Crippen LogP contribution < -0.4 is 5.32 Å². The number of aryl methyl sites for hydroxylation is 1. The molecule has 22 heavy (non-hydrogen) atoms. The third kappa shape index (κ3) is 3.48. The van der Waals surface area contributed by atoms with Crippen LogP contribution in [0.25, 0.3) is 0 Å². The Bertz CT molecular complexity index is 664. The monoisotopic (exact) mass is 313 g/mol. The standard InChI is InChI=1S/C15H14F3NO3/c1-9-10(6-7-22-9)14(21)19-8-13(20)11-4-2-3-5-12(11)15(16,17)18/h2-7,13,20H,8H2,1H3,(H,19,21)/t13-/m0/s1. The molecule has 0 saturated carbocycles. The van der Waals surface area contributed by atoms with Crippen molar-refractivity contribution in [3.63, 3.8) is 0 Å². The van der Waals surface area contributed by atoms with Gasteiger partial charge in [0.15, 0.2) is 0 Å². The van der Waals surface area contributed by atoms with Crippen molar-refractivity contribution in [2.75, 3.05) is 6.54 Å². The van der Waals surface area contributed by atoms with Crippen molar-refractivity contribution in [2.45, 2.75) is 19.2 Å². The number of halogens is 3. The normalized spacial score (nSPS) is 13.0. The second-order valence-corrected chi connectivity index (χ2v) is 4.70. The molecule has 0 aliphatic heterocycles. The minimum absolute atomic E-state index is 0.274. The lowest BCUT2D eigenvalue weighted by Gasteiger charge is -2.17. The topological polar surface area (TPSA) is 62.5 Å². The van der Waals surface area contributed by atoms with E-state index >= 15 is 0 Å². The Morgan fingerprint density at radius 2 is 2.00 bits per heavy atom. The highest BCUT2D eigenvalue weighted by atomic mass is 19.4. The van der Waals surface area contributed by atoms with Crippen LogP contribution >= 0.6 is 0 Å². The van der Waals surface area contributed by atoms with Crippen LogP contribution in [-0.4, -0.2) is 17.6 Å². The summed E-state index contributed by atoms with van der Waals surface area (Å²) < 4.78 is 43.6. The average molecular weight is 313 g/mol. The number of furan rings is 1. The zero-order valence-corrected chi connectivity index (χ0v) is 11.6. The van der Waals surface area contributed by atoms with E-state index in [9.17, 15) is 23.1 Å². The van der Waals surface area contributed by atoms with Gasteiger partial charge in [-0.05, 0) is 24.6 Å². The van der Waals surface area contributed by atoms with E-state index < -0.39 is 23.8 Å². The van der Waals surface area contributed by atoms with Gasteiger partial charge in [-0.2, -0.15) is 13.2 Å². The van der Waals surface area contributed by atoms with E-state index in [1.54, 1.807) is 6.92 Å². The molecule has 0 aliphatic carbocycles. The van der Waals surface area contributed by atoms with Gasteiger partial charge in [0.05, 0.1) is 23.5 Å². The molecule has 2 N–H and O–H groups in total. The third-order valence-electron chi connectivity index (χ3n) is 3.18. The van der Waals surface area contributed by atoms with Crippen molar-refractivity contribution in [3.05, 3.63) is 59.0 Å². The van der Waals surface area contributed by atoms with Crippen LogP contribution in [0.2, 0.25) is 0 Å². The summed E-state index contributed by atoms with van der Waals surface area (Å²) >= 11 is 0. The molecule has 0 radical (unpaired) electrons. The molecular formula is C15H14F3NO3. The van der Waals surface area contributed by atoms with Gasteiger partial charge in [-0.25, -0.2) is 0 Å². The Morgan fingerprint density at radius 1 is 1.32 bits per heavy atom. The fourth-order valence-corrected chi connectivity index (χ4v) is 2.06. The van der Waals surface area contributed by atoms with Crippen LogP contribution in [0.4, 0.5) is 13.2 Å². The number of carbonyl (C=O) groups excluding carboxylic acids is 1. The number of hydrogen-bond donors (Lipinski definition) is 2. The number of hydrogen-bond acceptors (Lipinski definition) is 3. The Hall–Kier alpha value is -2.28. The van der Waals surface area contributed by atoms with E-state index in [0.29, 0.717) is 5.76 Å². The fourth-order valence-electron chi connectivity index (χ4n) is 2.06. The van der Waals surface area contributed by atoms with Crippen molar-refractivity contribution >= 4 is 5.91 Å². The highest BCUT2D eigenvalue weighted by Crippen LogP contribution is 2.34. The lowest BCUT2D eigenvalue weighted by atomic mass is 10.0. The van der Waals surface area contributed by atoms with E-state index in [2.05, 4.69) is 5.32 Å². The van der Waals surface area contributed by atoms with Crippen molar-refractivity contribution in [2.24, 2.45) is 0 Å². The lowest BCUT2D eigenvalue weighted by molar-refractivity contribution is -0.139. The van der Waals surface area contributed by atoms with Gasteiger partial charge >= 0.3 is 6.18 Å². The van der Waals surface area contributed by atoms with Crippen molar-refractivity contribution in [3.8, 4) is 0 Å². The highest BCUT2D eigenvalue weighted by Gasteiger charge is 2.34. The minimum Gasteiger partial charge on any atom is -0.469 e. The second kappa shape index (κ2) is 6.23. The number of rotatable bonds is 4. The molecular weight excluding hydrogens is 299 g/mol. The molecule has 2 aromatic rings. The Labute approximate surface area is 124 Å². The van der Waals surface area contributed by atoms with Crippen LogP contribution in [0.1, 0.15) is 33.3 Å². The quantitative estimate of drug-likeness (QED) is 0.912. The van der Waals surface area contributed by atoms with Crippen molar-refractivity contribution in [1.29, 1.82) is 0 Å². The number of nitrogens with one attached hydrogen (secondary N) is 1. The summed E-state index contributed by atoms with van der Waals surface area (Å²) in [5.41, 5.74) is -0.924. The SMILES string of the molecule is Cc1occc1C(=O)NC[C@H](O)c1ccccc1C(F)(F)F. The molecule has 1 amide bonds. The summed E-state index contributed by atoms with van der Waals surface area (Å²) in [6.45, 7) is 1.25. The van der Waals surface area contributed by atoms with E-state index in [1.807, 2.05) is 0 Å². The largest absolute Gasteiger partial charge is 0.469 e. The number of aliphatic hydroxyl groups excluding tert-OH is 1. The maximum absolute atomic E-state index is 12.9. The summed E-state index contributed by atoms with van der Waals surface area (Å²) in [4.78, 5) is 11.8. The number of alkyl halides is 3. The molecule has 1 heterocycles. The van der Waals surface area contributed by atoms with Crippen molar-refractivity contribution < 1.29 is 27.5 Å². The summed E-state index contributed by atoms with van der Waals surface area (Å²) in [6.07, 6.45) is -4.70. The predicted molar refractivity (Wildman–Crippen MR) is 72.2 cm³/mol. The fraction of sp³-hybridized carbons (Fsp3) is 0.267. The molecule has 7 heteroatoms. The van der Waals surface area contributed by atoms with Gasteiger partial charge in [-0.15, -0.1) is 0 Å². The molecule has 0 unspecified atom stereocenters. The van der Waals surface area contributed by atoms with Gasteiger partial charge in [-0.3, -0.25) is 4.79 Å². The summed E-state index contributed by atoms with van der Waals surface area (Å²) in [7, 11) is 0. The zero-order chi connectivity index (χ0) is 16.3. The predicted octanol–water partition coefficient (Wildman–Crippen LogP) is 3.07. The van der Waals surface area contributed by atoms with Crippen LogP contribution in [0.3, 0.4) is 0 Å². The first-order chi connectivity index (χ1) is 10.3. The molecule has 1 atom stereocenters. The second-order valence-electron chi connectivity index (χ2n) is 4.70. The first-order valence-corrected chi connectivity index (χ1v) is 6.47. The van der Waals surface area contributed by atoms with Gasteiger partial charge in [0, 0.05) is 6.54 Å². The lowest BCUT2D eigenvalue weighted by Crippen LogP contribution is -2.29. The van der Waals surface area contributed by atoms with Crippen LogP contribution in [0.5, 0.6) is 0 Å². The van der Waals surface area contributed by atoms with Crippen molar-refractivity contribution in [1.82, 2.24) is 5.32 Å². The summed E-state index contributed by atoms with van der Waals surface area (Å²) in [6, 6.07) is 6.16. The Balaban J connectivity index is 2.09. The maximum Gasteiger partial charge on any atom is 0.416 e. The first kappa shape index (κ1) is 16.1. The molecule has 0 saturated heterocycles. The van der Waals surface area contributed by atoms with Gasteiger partial charge in [-0.1, -0.05) is 18.2 Å². The molecule has 4 nitrogen and oxygen atoms in total.